The Labute approximate surface area is 97.2 Å². The van der Waals surface area contributed by atoms with Crippen LogP contribution in [0.1, 0.15) is 29.0 Å². The summed E-state index contributed by atoms with van der Waals surface area (Å²) in [5.41, 5.74) is 0.903. The maximum atomic E-state index is 11.0. The maximum Gasteiger partial charge on any atom is 0.293 e. The lowest BCUT2D eigenvalue weighted by molar-refractivity contribution is 0.0972. The van der Waals surface area contributed by atoms with Crippen LogP contribution in [-0.4, -0.2) is 15.9 Å². The zero-order valence-electron chi connectivity index (χ0n) is 8.61. The molecule has 5 heteroatoms. The van der Waals surface area contributed by atoms with Gasteiger partial charge < -0.3 is 4.52 Å². The number of rotatable bonds is 3. The van der Waals surface area contributed by atoms with Gasteiger partial charge in [0.15, 0.2) is 5.82 Å². The Hall–Kier alpha value is -1.68. The minimum Gasteiger partial charge on any atom is -0.331 e. The van der Waals surface area contributed by atoms with E-state index in [1.54, 1.807) is 6.07 Å². The lowest BCUT2D eigenvalue weighted by atomic mass is 10.1. The number of hydrogen-bond donors (Lipinski definition) is 0. The van der Waals surface area contributed by atoms with Crippen molar-refractivity contribution in [2.45, 2.75) is 13.3 Å². The monoisotopic (exact) mass is 236 g/mol. The normalized spacial score (nSPS) is 10.4. The van der Waals surface area contributed by atoms with Crippen molar-refractivity contribution in [3.8, 4) is 0 Å². The summed E-state index contributed by atoms with van der Waals surface area (Å²) in [6, 6.07) is 7.41. The molecule has 0 aliphatic heterocycles. The van der Waals surface area contributed by atoms with Crippen LogP contribution in [0.3, 0.4) is 0 Å². The molecule has 0 amide bonds. The van der Waals surface area contributed by atoms with E-state index in [0.717, 1.165) is 5.56 Å². The van der Waals surface area contributed by atoms with E-state index < -0.39 is 0 Å². The fraction of sp³-hybridized carbons (Fsp3) is 0.182. The predicted molar refractivity (Wildman–Crippen MR) is 58.6 cm³/mol. The largest absolute Gasteiger partial charge is 0.331 e. The van der Waals surface area contributed by atoms with Crippen molar-refractivity contribution in [1.82, 2.24) is 10.1 Å². The van der Waals surface area contributed by atoms with Gasteiger partial charge in [-0.2, -0.15) is 4.98 Å². The van der Waals surface area contributed by atoms with E-state index in [9.17, 15) is 4.79 Å². The minimum absolute atomic E-state index is 0.0297. The number of aromatic nitrogens is 2. The zero-order valence-corrected chi connectivity index (χ0v) is 9.36. The summed E-state index contributed by atoms with van der Waals surface area (Å²) in [7, 11) is 0. The smallest absolute Gasteiger partial charge is 0.293 e. The Balaban J connectivity index is 2.21. The predicted octanol–water partition coefficient (Wildman–Crippen LogP) is 2.52. The molecular formula is C11H9ClN2O2. The molecule has 0 bridgehead atoms. The van der Waals surface area contributed by atoms with Crippen molar-refractivity contribution < 1.29 is 9.32 Å². The van der Waals surface area contributed by atoms with Crippen molar-refractivity contribution in [1.29, 1.82) is 0 Å². The fourth-order valence-corrected chi connectivity index (χ4v) is 1.48. The van der Waals surface area contributed by atoms with E-state index >= 15 is 0 Å². The number of hydrogen-bond acceptors (Lipinski definition) is 4. The Bertz CT molecular complexity index is 522. The van der Waals surface area contributed by atoms with Gasteiger partial charge >= 0.3 is 0 Å². The van der Waals surface area contributed by atoms with Gasteiger partial charge in [0, 0.05) is 18.4 Å². The van der Waals surface area contributed by atoms with Gasteiger partial charge in [0.2, 0.25) is 5.78 Å². The van der Waals surface area contributed by atoms with Gasteiger partial charge in [-0.05, 0) is 11.6 Å². The summed E-state index contributed by atoms with van der Waals surface area (Å²) >= 11 is 5.99. The summed E-state index contributed by atoms with van der Waals surface area (Å²) in [4.78, 5) is 14.9. The first-order chi connectivity index (χ1) is 7.66. The number of halogens is 1. The minimum atomic E-state index is -0.238. The van der Waals surface area contributed by atoms with Gasteiger partial charge in [-0.25, -0.2) is 0 Å². The second-order valence-corrected chi connectivity index (χ2v) is 3.75. The number of benzene rings is 1. The van der Waals surface area contributed by atoms with Crippen LogP contribution in [-0.2, 0) is 6.42 Å². The zero-order chi connectivity index (χ0) is 11.5. The first-order valence-electron chi connectivity index (χ1n) is 4.74. The standard InChI is InChI=1S/C11H9ClN2O2/c1-7(15)11-13-10(14-16-11)6-8-4-2-3-5-9(8)12/h2-5H,6H2,1H3. The first-order valence-corrected chi connectivity index (χ1v) is 5.11. The molecule has 1 aromatic carbocycles. The topological polar surface area (TPSA) is 56.0 Å². The van der Waals surface area contributed by atoms with Gasteiger partial charge in [-0.15, -0.1) is 0 Å². The lowest BCUT2D eigenvalue weighted by Crippen LogP contribution is -1.94. The maximum absolute atomic E-state index is 11.0. The summed E-state index contributed by atoms with van der Waals surface area (Å²) < 4.78 is 4.78. The van der Waals surface area contributed by atoms with Gasteiger partial charge in [0.05, 0.1) is 0 Å². The lowest BCUT2D eigenvalue weighted by Gasteiger charge is -1.98. The second kappa shape index (κ2) is 4.45. The Kier molecular flexibility index (Phi) is 3.01. The van der Waals surface area contributed by atoms with E-state index in [1.165, 1.54) is 6.92 Å². The molecule has 0 aliphatic rings. The van der Waals surface area contributed by atoms with Gasteiger partial charge in [-0.1, -0.05) is 35.0 Å². The highest BCUT2D eigenvalue weighted by Gasteiger charge is 2.11. The van der Waals surface area contributed by atoms with E-state index in [4.69, 9.17) is 16.1 Å². The molecule has 0 radical (unpaired) electrons. The molecule has 4 nitrogen and oxygen atoms in total. The molecule has 16 heavy (non-hydrogen) atoms. The first kappa shape index (κ1) is 10.8. The van der Waals surface area contributed by atoms with Crippen molar-refractivity contribution in [3.63, 3.8) is 0 Å². The van der Waals surface area contributed by atoms with Gasteiger partial charge in [0.25, 0.3) is 5.89 Å². The van der Waals surface area contributed by atoms with Gasteiger partial charge in [0.1, 0.15) is 0 Å². The highest BCUT2D eigenvalue weighted by molar-refractivity contribution is 6.31. The van der Waals surface area contributed by atoms with Crippen molar-refractivity contribution in [3.05, 3.63) is 46.6 Å². The number of nitrogens with zero attached hydrogens (tertiary/aromatic N) is 2. The molecule has 2 aromatic rings. The third-order valence-corrected chi connectivity index (χ3v) is 2.44. The molecule has 0 atom stereocenters. The van der Waals surface area contributed by atoms with Crippen molar-refractivity contribution in [2.75, 3.05) is 0 Å². The Morgan fingerprint density at radius 3 is 2.81 bits per heavy atom. The van der Waals surface area contributed by atoms with Crippen LogP contribution in [0.25, 0.3) is 0 Å². The third kappa shape index (κ3) is 2.28. The van der Waals surface area contributed by atoms with Crippen molar-refractivity contribution in [2.24, 2.45) is 0 Å². The molecule has 2 rings (SSSR count). The van der Waals surface area contributed by atoms with E-state index in [2.05, 4.69) is 10.1 Å². The molecular weight excluding hydrogens is 228 g/mol. The number of carbonyl (C=O) groups excluding carboxylic acids is 1. The van der Waals surface area contributed by atoms with E-state index in [-0.39, 0.29) is 11.7 Å². The van der Waals surface area contributed by atoms with Crippen LogP contribution in [0, 0.1) is 0 Å². The van der Waals surface area contributed by atoms with Gasteiger partial charge in [-0.3, -0.25) is 4.79 Å². The van der Waals surface area contributed by atoms with Crippen molar-refractivity contribution >= 4 is 17.4 Å². The van der Waals surface area contributed by atoms with Crippen LogP contribution >= 0.6 is 11.6 Å². The quantitative estimate of drug-likeness (QED) is 0.769. The van der Waals surface area contributed by atoms with Crippen LogP contribution in [0.2, 0.25) is 5.02 Å². The summed E-state index contributed by atoms with van der Waals surface area (Å²) in [6.45, 7) is 1.38. The van der Waals surface area contributed by atoms with E-state index in [0.29, 0.717) is 17.3 Å². The average Bonchev–Trinajstić information content (AvgIpc) is 2.70. The number of ketones is 1. The molecule has 0 unspecified atom stereocenters. The third-order valence-electron chi connectivity index (χ3n) is 2.08. The molecule has 0 saturated heterocycles. The molecule has 0 fully saturated rings. The summed E-state index contributed by atoms with van der Waals surface area (Å²) in [6.07, 6.45) is 0.455. The number of Topliss-reactive ketones (excluding diaryl/α,β-unsaturated/α-hetero) is 1. The second-order valence-electron chi connectivity index (χ2n) is 3.34. The summed E-state index contributed by atoms with van der Waals surface area (Å²) in [5.74, 6) is 0.248. The molecule has 1 heterocycles. The molecule has 0 spiro atoms. The van der Waals surface area contributed by atoms with Crippen LogP contribution in [0.15, 0.2) is 28.8 Å². The average molecular weight is 237 g/mol. The van der Waals surface area contributed by atoms with Crippen LogP contribution < -0.4 is 0 Å². The fourth-order valence-electron chi connectivity index (χ4n) is 1.28. The highest BCUT2D eigenvalue weighted by Crippen LogP contribution is 2.17. The Morgan fingerprint density at radius 2 is 2.19 bits per heavy atom. The number of carbonyl (C=O) groups is 1. The summed E-state index contributed by atoms with van der Waals surface area (Å²) in [5, 5.41) is 4.36. The molecule has 82 valence electrons. The molecule has 1 aromatic heterocycles. The van der Waals surface area contributed by atoms with Crippen LogP contribution in [0.5, 0.6) is 0 Å². The molecule has 0 aliphatic carbocycles. The van der Waals surface area contributed by atoms with Crippen LogP contribution in [0.4, 0.5) is 0 Å². The highest BCUT2D eigenvalue weighted by atomic mass is 35.5. The SMILES string of the molecule is CC(=O)c1nc(Cc2ccccc2Cl)no1. The molecule has 0 N–H and O–H groups in total. The van der Waals surface area contributed by atoms with E-state index in [1.807, 2.05) is 18.2 Å². The molecule has 0 saturated carbocycles. The Morgan fingerprint density at radius 1 is 1.44 bits per heavy atom.